The number of aliphatic hydroxyl groups is 5. The zero-order valence-corrected chi connectivity index (χ0v) is 11.0. The van der Waals surface area contributed by atoms with Crippen LogP contribution in [0.1, 0.15) is 6.92 Å². The molecule has 0 spiro atoms. The number of nitrogens with one attached hydrogen (secondary N) is 1. The Morgan fingerprint density at radius 2 is 1.85 bits per heavy atom. The van der Waals surface area contributed by atoms with Crippen LogP contribution in [-0.4, -0.2) is 88.0 Å². The van der Waals surface area contributed by atoms with E-state index in [4.69, 9.17) is 14.9 Å². The molecule has 0 heterocycles. The van der Waals surface area contributed by atoms with Gasteiger partial charge in [-0.25, -0.2) is 0 Å². The van der Waals surface area contributed by atoms with Gasteiger partial charge in [0.05, 0.1) is 19.8 Å². The van der Waals surface area contributed by atoms with Crippen molar-refractivity contribution in [3.05, 3.63) is 0 Å². The fraction of sp³-hybridized carbons (Fsp3) is 0.818. The van der Waals surface area contributed by atoms with E-state index < -0.39 is 56.2 Å². The first-order chi connectivity index (χ1) is 9.37. The molecule has 0 saturated carbocycles. The SMILES string of the molecule is CC(=O)N[C@@H](C=O)[C@@H](OCC(O)CO)[C@H](O)[C@H](O)CO. The fourth-order valence-corrected chi connectivity index (χ4v) is 1.44. The minimum Gasteiger partial charge on any atom is -0.394 e. The summed E-state index contributed by atoms with van der Waals surface area (Å²) in [5.74, 6) is -0.566. The van der Waals surface area contributed by atoms with E-state index in [2.05, 4.69) is 5.32 Å². The van der Waals surface area contributed by atoms with E-state index in [9.17, 15) is 24.9 Å². The molecule has 0 radical (unpaired) electrons. The molecule has 6 N–H and O–H groups in total. The van der Waals surface area contributed by atoms with Gasteiger partial charge in [-0.1, -0.05) is 0 Å². The molecule has 0 aromatic heterocycles. The summed E-state index contributed by atoms with van der Waals surface area (Å²) >= 11 is 0. The Morgan fingerprint density at radius 1 is 1.25 bits per heavy atom. The Balaban J connectivity index is 4.91. The van der Waals surface area contributed by atoms with Crippen LogP contribution in [0.5, 0.6) is 0 Å². The van der Waals surface area contributed by atoms with Gasteiger partial charge in [0.1, 0.15) is 36.7 Å². The number of hydrogen-bond donors (Lipinski definition) is 6. The van der Waals surface area contributed by atoms with E-state index in [0.717, 1.165) is 6.92 Å². The monoisotopic (exact) mass is 295 g/mol. The van der Waals surface area contributed by atoms with Crippen molar-refractivity contribution in [3.63, 3.8) is 0 Å². The number of carbonyl (C=O) groups is 2. The zero-order valence-electron chi connectivity index (χ0n) is 11.0. The predicted octanol–water partition coefficient (Wildman–Crippen LogP) is -3.86. The summed E-state index contributed by atoms with van der Waals surface area (Å²) in [5, 5.41) is 48.0. The number of amides is 1. The maximum Gasteiger partial charge on any atom is 0.217 e. The number of hydrogen-bond acceptors (Lipinski definition) is 8. The second-order valence-corrected chi connectivity index (χ2v) is 4.24. The lowest BCUT2D eigenvalue weighted by molar-refractivity contribution is -0.142. The third-order valence-electron chi connectivity index (χ3n) is 2.48. The first-order valence-corrected chi connectivity index (χ1v) is 5.97. The summed E-state index contributed by atoms with van der Waals surface area (Å²) in [6, 6.07) is -1.28. The smallest absolute Gasteiger partial charge is 0.217 e. The van der Waals surface area contributed by atoms with Gasteiger partial charge in [0.2, 0.25) is 5.91 Å². The van der Waals surface area contributed by atoms with Crippen molar-refractivity contribution in [1.82, 2.24) is 5.32 Å². The molecule has 0 aromatic carbocycles. The summed E-state index contributed by atoms with van der Waals surface area (Å²) in [6.45, 7) is -0.669. The van der Waals surface area contributed by atoms with Crippen LogP contribution in [0.2, 0.25) is 0 Å². The molecule has 5 atom stereocenters. The van der Waals surface area contributed by atoms with Gasteiger partial charge in [-0.05, 0) is 0 Å². The lowest BCUT2D eigenvalue weighted by Gasteiger charge is -2.30. The Kier molecular flexibility index (Phi) is 9.21. The minimum atomic E-state index is -1.67. The highest BCUT2D eigenvalue weighted by molar-refractivity contribution is 5.77. The normalized spacial score (nSPS) is 18.7. The third kappa shape index (κ3) is 6.37. The van der Waals surface area contributed by atoms with Crippen LogP contribution < -0.4 is 5.32 Å². The largest absolute Gasteiger partial charge is 0.394 e. The van der Waals surface area contributed by atoms with Crippen LogP contribution in [0.15, 0.2) is 0 Å². The molecule has 118 valence electrons. The molecular weight excluding hydrogens is 274 g/mol. The maximum atomic E-state index is 11.0. The number of rotatable bonds is 10. The standard InChI is InChI=1S/C11H21NO8/c1-6(16)12-8(3-14)11(10(19)9(18)4-15)20-5-7(17)2-13/h3,7-11,13,15,17-19H,2,4-5H2,1H3,(H,12,16)/t7?,8-,9+,10+,11+/m0/s1. The van der Waals surface area contributed by atoms with Gasteiger partial charge in [-0.15, -0.1) is 0 Å². The third-order valence-corrected chi connectivity index (χ3v) is 2.48. The molecule has 1 unspecified atom stereocenters. The molecule has 0 saturated heterocycles. The van der Waals surface area contributed by atoms with Crippen molar-refractivity contribution in [2.75, 3.05) is 19.8 Å². The average molecular weight is 295 g/mol. The Labute approximate surface area is 115 Å². The van der Waals surface area contributed by atoms with Gasteiger partial charge in [-0.2, -0.15) is 0 Å². The number of aliphatic hydroxyl groups excluding tert-OH is 5. The molecular formula is C11H21NO8. The van der Waals surface area contributed by atoms with Crippen molar-refractivity contribution >= 4 is 12.2 Å². The van der Waals surface area contributed by atoms with Crippen LogP contribution in [0.3, 0.4) is 0 Å². The molecule has 20 heavy (non-hydrogen) atoms. The van der Waals surface area contributed by atoms with Gasteiger partial charge in [-0.3, -0.25) is 4.79 Å². The van der Waals surface area contributed by atoms with Crippen LogP contribution in [-0.2, 0) is 14.3 Å². The summed E-state index contributed by atoms with van der Waals surface area (Å²) in [6.07, 6.45) is -5.61. The second kappa shape index (κ2) is 9.75. The molecule has 0 rings (SSSR count). The average Bonchev–Trinajstić information content (AvgIpc) is 2.43. The van der Waals surface area contributed by atoms with Crippen molar-refractivity contribution in [1.29, 1.82) is 0 Å². The lowest BCUT2D eigenvalue weighted by Crippen LogP contribution is -2.55. The topological polar surface area (TPSA) is 157 Å². The summed E-state index contributed by atoms with van der Waals surface area (Å²) < 4.78 is 5.06. The molecule has 0 aliphatic rings. The molecule has 9 heteroatoms. The Morgan fingerprint density at radius 3 is 2.25 bits per heavy atom. The molecule has 0 aromatic rings. The van der Waals surface area contributed by atoms with E-state index in [0.29, 0.717) is 6.29 Å². The minimum absolute atomic E-state index is 0.296. The van der Waals surface area contributed by atoms with E-state index in [-0.39, 0.29) is 0 Å². The molecule has 0 aliphatic carbocycles. The highest BCUT2D eigenvalue weighted by Gasteiger charge is 2.34. The molecule has 0 fully saturated rings. The number of ether oxygens (including phenoxy) is 1. The van der Waals surface area contributed by atoms with Gasteiger partial charge < -0.3 is 40.4 Å². The van der Waals surface area contributed by atoms with Crippen molar-refractivity contribution < 1.29 is 39.9 Å². The van der Waals surface area contributed by atoms with Crippen LogP contribution in [0.4, 0.5) is 0 Å². The van der Waals surface area contributed by atoms with Gasteiger partial charge in [0, 0.05) is 6.92 Å². The van der Waals surface area contributed by atoms with Gasteiger partial charge in [0.15, 0.2) is 0 Å². The Hall–Kier alpha value is -1.10. The van der Waals surface area contributed by atoms with Crippen LogP contribution >= 0.6 is 0 Å². The molecule has 0 aliphatic heterocycles. The number of aldehydes is 1. The summed E-state index contributed by atoms with van der Waals surface area (Å²) in [5.41, 5.74) is 0. The molecule has 0 bridgehead atoms. The highest BCUT2D eigenvalue weighted by Crippen LogP contribution is 2.10. The quantitative estimate of drug-likeness (QED) is 0.224. The zero-order chi connectivity index (χ0) is 15.7. The van der Waals surface area contributed by atoms with Gasteiger partial charge in [0.25, 0.3) is 0 Å². The lowest BCUT2D eigenvalue weighted by atomic mass is 10.0. The van der Waals surface area contributed by atoms with Crippen LogP contribution in [0.25, 0.3) is 0 Å². The first-order valence-electron chi connectivity index (χ1n) is 5.97. The Bertz CT molecular complexity index is 300. The van der Waals surface area contributed by atoms with Gasteiger partial charge >= 0.3 is 0 Å². The highest BCUT2D eigenvalue weighted by atomic mass is 16.5. The second-order valence-electron chi connectivity index (χ2n) is 4.24. The summed E-state index contributed by atoms with van der Waals surface area (Å²) in [7, 11) is 0. The number of carbonyl (C=O) groups excluding carboxylic acids is 2. The summed E-state index contributed by atoms with van der Waals surface area (Å²) in [4.78, 5) is 21.9. The van der Waals surface area contributed by atoms with Crippen molar-refractivity contribution in [3.8, 4) is 0 Å². The fourth-order valence-electron chi connectivity index (χ4n) is 1.44. The van der Waals surface area contributed by atoms with E-state index in [1.54, 1.807) is 0 Å². The van der Waals surface area contributed by atoms with E-state index >= 15 is 0 Å². The maximum absolute atomic E-state index is 11.0. The molecule has 1 amide bonds. The van der Waals surface area contributed by atoms with Crippen LogP contribution in [0, 0.1) is 0 Å². The molecule has 9 nitrogen and oxygen atoms in total. The van der Waals surface area contributed by atoms with Crippen molar-refractivity contribution in [2.24, 2.45) is 0 Å². The first kappa shape index (κ1) is 18.9. The van der Waals surface area contributed by atoms with Crippen molar-refractivity contribution in [2.45, 2.75) is 37.4 Å². The van der Waals surface area contributed by atoms with E-state index in [1.807, 2.05) is 0 Å². The predicted molar refractivity (Wildman–Crippen MR) is 65.6 cm³/mol. The van der Waals surface area contributed by atoms with E-state index in [1.165, 1.54) is 0 Å².